The van der Waals surface area contributed by atoms with Crippen molar-refractivity contribution in [3.05, 3.63) is 0 Å². The van der Waals surface area contributed by atoms with Crippen LogP contribution in [0.15, 0.2) is 0 Å². The van der Waals surface area contributed by atoms with Gasteiger partial charge in [0.25, 0.3) is 0 Å². The van der Waals surface area contributed by atoms with Gasteiger partial charge in [0.15, 0.2) is 0 Å². The molecule has 0 amide bonds. The van der Waals surface area contributed by atoms with Gasteiger partial charge in [-0.25, -0.2) is 0 Å². The predicted molar refractivity (Wildman–Crippen MR) is 51.2 cm³/mol. The van der Waals surface area contributed by atoms with Crippen LogP contribution in [0.5, 0.6) is 0 Å². The topological polar surface area (TPSA) is 23.5 Å². The Hall–Kier alpha value is -0.0800. The molecule has 0 saturated carbocycles. The maximum atomic E-state index is 9.46. The Bertz CT molecular complexity index is 127. The van der Waals surface area contributed by atoms with Crippen LogP contribution in [0.1, 0.15) is 39.5 Å². The molecule has 2 atom stereocenters. The third kappa shape index (κ3) is 2.46. The molecule has 0 unspecified atom stereocenters. The first-order valence-electron chi connectivity index (χ1n) is 5.20. The minimum absolute atomic E-state index is 0.0631. The summed E-state index contributed by atoms with van der Waals surface area (Å²) >= 11 is 0. The van der Waals surface area contributed by atoms with E-state index in [1.807, 2.05) is 0 Å². The zero-order valence-corrected chi connectivity index (χ0v) is 8.29. The molecule has 1 N–H and O–H groups in total. The molecule has 0 bridgehead atoms. The van der Waals surface area contributed by atoms with Crippen LogP contribution in [0, 0.1) is 0 Å². The molecule has 1 saturated heterocycles. The molecule has 0 radical (unpaired) electrons. The van der Waals surface area contributed by atoms with Crippen molar-refractivity contribution in [2.75, 3.05) is 13.1 Å². The molecular weight excluding hydrogens is 150 g/mol. The van der Waals surface area contributed by atoms with E-state index in [0.717, 1.165) is 19.5 Å². The summed E-state index contributed by atoms with van der Waals surface area (Å²) in [6.45, 7) is 6.38. The second-order valence-electron chi connectivity index (χ2n) is 3.77. The molecule has 1 rings (SSSR count). The molecule has 0 aromatic carbocycles. The lowest BCUT2D eigenvalue weighted by atomic mass is 10.1. The van der Waals surface area contributed by atoms with Crippen molar-refractivity contribution in [2.24, 2.45) is 0 Å². The Morgan fingerprint density at radius 1 is 1.42 bits per heavy atom. The number of β-amino-alcohol motifs (C(OH)–C–C–N with tert-alkyl or cyclic N) is 1. The smallest absolute Gasteiger partial charge is 0.0682 e. The number of hydrogen-bond donors (Lipinski definition) is 1. The van der Waals surface area contributed by atoms with Crippen molar-refractivity contribution in [1.29, 1.82) is 0 Å². The Labute approximate surface area is 75.6 Å². The Morgan fingerprint density at radius 2 is 2.17 bits per heavy atom. The minimum Gasteiger partial charge on any atom is -0.392 e. The zero-order chi connectivity index (χ0) is 8.97. The van der Waals surface area contributed by atoms with E-state index in [4.69, 9.17) is 0 Å². The third-order valence-electron chi connectivity index (χ3n) is 2.80. The second kappa shape index (κ2) is 4.83. The Kier molecular flexibility index (Phi) is 4.02. The Morgan fingerprint density at radius 3 is 2.75 bits per heavy atom. The predicted octanol–water partition coefficient (Wildman–Crippen LogP) is 1.63. The van der Waals surface area contributed by atoms with E-state index in [0.29, 0.717) is 6.04 Å². The van der Waals surface area contributed by atoms with Crippen LogP contribution < -0.4 is 0 Å². The SMILES string of the molecule is CCCC[C@H]1C[C@@H](O)CN1CC. The van der Waals surface area contributed by atoms with Gasteiger partial charge in [0.2, 0.25) is 0 Å². The molecule has 12 heavy (non-hydrogen) atoms. The van der Waals surface area contributed by atoms with E-state index in [2.05, 4.69) is 18.7 Å². The molecule has 0 aromatic heterocycles. The molecular formula is C10H21NO. The fraction of sp³-hybridized carbons (Fsp3) is 1.00. The molecule has 0 spiro atoms. The van der Waals surface area contributed by atoms with Gasteiger partial charge in [-0.2, -0.15) is 0 Å². The van der Waals surface area contributed by atoms with Crippen LogP contribution >= 0.6 is 0 Å². The second-order valence-corrected chi connectivity index (χ2v) is 3.77. The van der Waals surface area contributed by atoms with Crippen molar-refractivity contribution in [3.63, 3.8) is 0 Å². The highest BCUT2D eigenvalue weighted by atomic mass is 16.3. The van der Waals surface area contributed by atoms with Gasteiger partial charge in [0.05, 0.1) is 6.10 Å². The largest absolute Gasteiger partial charge is 0.392 e. The van der Waals surface area contributed by atoms with Crippen LogP contribution in [0.4, 0.5) is 0 Å². The lowest BCUT2D eigenvalue weighted by Crippen LogP contribution is -2.29. The summed E-state index contributed by atoms with van der Waals surface area (Å²) in [4.78, 5) is 2.40. The molecule has 1 aliphatic rings. The molecule has 0 aromatic rings. The number of nitrogens with zero attached hydrogens (tertiary/aromatic N) is 1. The molecule has 0 aliphatic carbocycles. The molecule has 1 heterocycles. The van der Waals surface area contributed by atoms with Crippen LogP contribution in [0.2, 0.25) is 0 Å². The molecule has 2 nitrogen and oxygen atoms in total. The first kappa shape index (κ1) is 10.0. The highest BCUT2D eigenvalue weighted by molar-refractivity contribution is 4.83. The van der Waals surface area contributed by atoms with Gasteiger partial charge in [-0.15, -0.1) is 0 Å². The molecule has 1 fully saturated rings. The third-order valence-corrected chi connectivity index (χ3v) is 2.80. The number of likely N-dealkylation sites (N-methyl/N-ethyl adjacent to an activating group) is 1. The fourth-order valence-corrected chi connectivity index (χ4v) is 2.08. The van der Waals surface area contributed by atoms with Gasteiger partial charge in [-0.1, -0.05) is 26.7 Å². The highest BCUT2D eigenvalue weighted by Gasteiger charge is 2.28. The van der Waals surface area contributed by atoms with Gasteiger partial charge in [-0.3, -0.25) is 4.90 Å². The number of aliphatic hydroxyl groups is 1. The van der Waals surface area contributed by atoms with E-state index in [1.54, 1.807) is 0 Å². The Balaban J connectivity index is 2.30. The summed E-state index contributed by atoms with van der Waals surface area (Å²) < 4.78 is 0. The molecule has 1 aliphatic heterocycles. The van der Waals surface area contributed by atoms with Crippen LogP contribution in [-0.4, -0.2) is 35.2 Å². The number of unbranched alkanes of at least 4 members (excludes halogenated alkanes) is 1. The number of aliphatic hydroxyl groups excluding tert-OH is 1. The summed E-state index contributed by atoms with van der Waals surface area (Å²) in [6.07, 6.45) is 4.76. The van der Waals surface area contributed by atoms with E-state index >= 15 is 0 Å². The summed E-state index contributed by atoms with van der Waals surface area (Å²) in [6, 6.07) is 0.657. The standard InChI is InChI=1S/C10H21NO/c1-3-5-6-9-7-10(12)8-11(9)4-2/h9-10,12H,3-8H2,1-2H3/t9-,10+/m0/s1. The van der Waals surface area contributed by atoms with Crippen LogP contribution in [-0.2, 0) is 0 Å². The lowest BCUT2D eigenvalue weighted by molar-refractivity contribution is 0.177. The van der Waals surface area contributed by atoms with Crippen LogP contribution in [0.25, 0.3) is 0 Å². The molecule has 72 valence electrons. The van der Waals surface area contributed by atoms with Crippen molar-refractivity contribution in [2.45, 2.75) is 51.7 Å². The number of likely N-dealkylation sites (tertiary alicyclic amines) is 1. The van der Waals surface area contributed by atoms with E-state index in [1.165, 1.54) is 19.3 Å². The number of rotatable bonds is 4. The quantitative estimate of drug-likeness (QED) is 0.695. The van der Waals surface area contributed by atoms with Gasteiger partial charge in [-0.05, 0) is 19.4 Å². The number of hydrogen-bond acceptors (Lipinski definition) is 2. The monoisotopic (exact) mass is 171 g/mol. The average Bonchev–Trinajstić information content (AvgIpc) is 2.42. The summed E-state index contributed by atoms with van der Waals surface area (Å²) in [7, 11) is 0. The summed E-state index contributed by atoms with van der Waals surface area (Å²) in [5.41, 5.74) is 0. The van der Waals surface area contributed by atoms with Crippen molar-refractivity contribution in [1.82, 2.24) is 4.90 Å². The van der Waals surface area contributed by atoms with Crippen molar-refractivity contribution >= 4 is 0 Å². The van der Waals surface area contributed by atoms with E-state index in [-0.39, 0.29) is 6.10 Å². The summed E-state index contributed by atoms with van der Waals surface area (Å²) in [5, 5.41) is 9.46. The maximum Gasteiger partial charge on any atom is 0.0682 e. The highest BCUT2D eigenvalue weighted by Crippen LogP contribution is 2.21. The minimum atomic E-state index is -0.0631. The maximum absolute atomic E-state index is 9.46. The van der Waals surface area contributed by atoms with Crippen LogP contribution in [0.3, 0.4) is 0 Å². The van der Waals surface area contributed by atoms with Gasteiger partial charge in [0.1, 0.15) is 0 Å². The first-order chi connectivity index (χ1) is 5.77. The lowest BCUT2D eigenvalue weighted by Gasteiger charge is -2.21. The summed E-state index contributed by atoms with van der Waals surface area (Å²) in [5.74, 6) is 0. The first-order valence-corrected chi connectivity index (χ1v) is 5.20. The van der Waals surface area contributed by atoms with Crippen molar-refractivity contribution in [3.8, 4) is 0 Å². The van der Waals surface area contributed by atoms with E-state index < -0.39 is 0 Å². The fourth-order valence-electron chi connectivity index (χ4n) is 2.08. The van der Waals surface area contributed by atoms with Gasteiger partial charge >= 0.3 is 0 Å². The van der Waals surface area contributed by atoms with Gasteiger partial charge in [0, 0.05) is 12.6 Å². The average molecular weight is 171 g/mol. The van der Waals surface area contributed by atoms with Crippen molar-refractivity contribution < 1.29 is 5.11 Å². The van der Waals surface area contributed by atoms with Gasteiger partial charge < -0.3 is 5.11 Å². The molecule has 2 heteroatoms. The zero-order valence-electron chi connectivity index (χ0n) is 8.29. The van der Waals surface area contributed by atoms with E-state index in [9.17, 15) is 5.11 Å². The normalized spacial score (nSPS) is 31.2.